The first-order valence-corrected chi connectivity index (χ1v) is 12.8. The van der Waals surface area contributed by atoms with Crippen LogP contribution >= 0.6 is 0 Å². The van der Waals surface area contributed by atoms with E-state index in [0.29, 0.717) is 24.2 Å². The molecule has 4 atom stereocenters. The molecule has 0 radical (unpaired) electrons. The molecule has 0 bridgehead atoms. The van der Waals surface area contributed by atoms with E-state index < -0.39 is 48.9 Å². The number of rotatable bonds is 8. The summed E-state index contributed by atoms with van der Waals surface area (Å²) in [4.78, 5) is 39.1. The fourth-order valence-corrected chi connectivity index (χ4v) is 6.10. The van der Waals surface area contributed by atoms with Gasteiger partial charge in [0.1, 0.15) is 5.75 Å². The quantitative estimate of drug-likeness (QED) is 0.309. The Morgan fingerprint density at radius 1 is 1.22 bits per heavy atom. The maximum atomic E-state index is 13.3. The minimum atomic E-state index is -1.10. The van der Waals surface area contributed by atoms with Gasteiger partial charge in [0.2, 0.25) is 11.8 Å². The molecule has 4 rings (SSSR count). The van der Waals surface area contributed by atoms with E-state index in [1.807, 2.05) is 6.07 Å². The van der Waals surface area contributed by atoms with Gasteiger partial charge in [0.25, 0.3) is 0 Å². The number of hydrogen-bond donors (Lipinski definition) is 2. The molecule has 2 heterocycles. The number of fused-ring (bicyclic) bond motifs is 3. The molecule has 0 aromatic heterocycles. The Balaban J connectivity index is 1.63. The standard InChI is InChI=1S/C27H34BNO8/c1-4-6-16(11-17-7-5-8-19(30)12-17)9-10-22-23-18(15-35-2)13-20-24(21(23)14-28(34)37-22)26(32)29(25(20)31)27(33)36-3/h5,7-8,11-12,20-22,24,30,34H,4,6,9-10,13-15H2,1-3H3/b16-11+/t20-,21+,22-,24-/m1/s1. The van der Waals surface area contributed by atoms with Gasteiger partial charge in [0, 0.05) is 7.11 Å². The molecule has 2 N–H and O–H groups in total. The maximum absolute atomic E-state index is 13.3. The predicted molar refractivity (Wildman–Crippen MR) is 136 cm³/mol. The summed E-state index contributed by atoms with van der Waals surface area (Å²) in [6.45, 7) is 2.37. The van der Waals surface area contributed by atoms with Crippen molar-refractivity contribution in [2.45, 2.75) is 51.5 Å². The van der Waals surface area contributed by atoms with Gasteiger partial charge in [-0.3, -0.25) is 9.59 Å². The molecule has 9 nitrogen and oxygen atoms in total. The molecule has 1 aromatic carbocycles. The number of benzene rings is 1. The molecule has 0 unspecified atom stereocenters. The van der Waals surface area contributed by atoms with Crippen LogP contribution in [-0.2, 0) is 23.7 Å². The molecule has 1 aliphatic carbocycles. The fourth-order valence-electron chi connectivity index (χ4n) is 6.10. The highest BCUT2D eigenvalue weighted by Crippen LogP contribution is 2.50. The van der Waals surface area contributed by atoms with Crippen molar-refractivity contribution in [3.05, 3.63) is 46.5 Å². The van der Waals surface area contributed by atoms with E-state index in [1.54, 1.807) is 25.3 Å². The molecule has 3 aliphatic rings. The largest absolute Gasteiger partial charge is 0.508 e. The first-order valence-electron chi connectivity index (χ1n) is 12.8. The normalized spacial score (nSPS) is 25.9. The average molecular weight is 511 g/mol. The molecule has 10 heteroatoms. The lowest BCUT2D eigenvalue weighted by molar-refractivity contribution is -0.137. The van der Waals surface area contributed by atoms with Crippen molar-refractivity contribution in [1.82, 2.24) is 4.90 Å². The van der Waals surface area contributed by atoms with Crippen LogP contribution in [0.15, 0.2) is 41.0 Å². The number of imide groups is 3. The Morgan fingerprint density at radius 2 is 2.00 bits per heavy atom. The third kappa shape index (κ3) is 5.51. The van der Waals surface area contributed by atoms with Gasteiger partial charge in [0.05, 0.1) is 31.7 Å². The van der Waals surface area contributed by atoms with Gasteiger partial charge in [-0.25, -0.2) is 4.79 Å². The van der Waals surface area contributed by atoms with Crippen molar-refractivity contribution >= 4 is 31.1 Å². The molecular weight excluding hydrogens is 477 g/mol. The second-order valence-electron chi connectivity index (χ2n) is 9.92. The van der Waals surface area contributed by atoms with E-state index in [2.05, 4.69) is 17.7 Å². The summed E-state index contributed by atoms with van der Waals surface area (Å²) in [6, 6.07) is 7.07. The number of phenols is 1. The predicted octanol–water partition coefficient (Wildman–Crippen LogP) is 3.57. The van der Waals surface area contributed by atoms with Crippen molar-refractivity contribution in [3.63, 3.8) is 0 Å². The zero-order chi connectivity index (χ0) is 26.7. The van der Waals surface area contributed by atoms with Gasteiger partial charge >= 0.3 is 13.2 Å². The van der Waals surface area contributed by atoms with Crippen LogP contribution in [0.4, 0.5) is 4.79 Å². The molecule has 0 spiro atoms. The van der Waals surface area contributed by atoms with E-state index in [4.69, 9.17) is 9.39 Å². The third-order valence-electron chi connectivity index (χ3n) is 7.52. The lowest BCUT2D eigenvalue weighted by atomic mass is 9.58. The lowest BCUT2D eigenvalue weighted by Crippen LogP contribution is -2.46. The Morgan fingerprint density at radius 3 is 2.68 bits per heavy atom. The maximum Gasteiger partial charge on any atom is 0.455 e. The van der Waals surface area contributed by atoms with Crippen LogP contribution in [0, 0.1) is 17.8 Å². The average Bonchev–Trinajstić information content (AvgIpc) is 3.11. The number of ether oxygens (including phenoxy) is 2. The first-order chi connectivity index (χ1) is 17.8. The summed E-state index contributed by atoms with van der Waals surface area (Å²) in [5.74, 6) is -2.82. The number of allylic oxidation sites excluding steroid dienone is 1. The Hall–Kier alpha value is -2.95. The number of carbonyl (C=O) groups is 3. The zero-order valence-electron chi connectivity index (χ0n) is 21.5. The Kier molecular flexibility index (Phi) is 8.51. The van der Waals surface area contributed by atoms with Crippen LogP contribution in [-0.4, -0.2) is 67.0 Å². The minimum absolute atomic E-state index is 0.162. The Bertz CT molecular complexity index is 1120. The smallest absolute Gasteiger partial charge is 0.455 e. The second kappa shape index (κ2) is 11.6. The van der Waals surface area contributed by atoms with Gasteiger partial charge in [0.15, 0.2) is 0 Å². The molecular formula is C27H34BNO8. The van der Waals surface area contributed by atoms with Gasteiger partial charge in [-0.15, -0.1) is 0 Å². The van der Waals surface area contributed by atoms with Crippen LogP contribution < -0.4 is 0 Å². The number of aromatic hydroxyl groups is 1. The monoisotopic (exact) mass is 511 g/mol. The third-order valence-corrected chi connectivity index (χ3v) is 7.52. The molecule has 0 saturated carbocycles. The van der Waals surface area contributed by atoms with Crippen molar-refractivity contribution in [1.29, 1.82) is 0 Å². The van der Waals surface area contributed by atoms with Crippen molar-refractivity contribution < 1.29 is 38.6 Å². The fraction of sp³-hybridized carbons (Fsp3) is 0.519. The summed E-state index contributed by atoms with van der Waals surface area (Å²) in [5.41, 5.74) is 3.87. The number of phenolic OH excluding ortho intramolecular Hbond substituents is 1. The van der Waals surface area contributed by atoms with Gasteiger partial charge < -0.3 is 24.3 Å². The van der Waals surface area contributed by atoms with Crippen LogP contribution in [0.5, 0.6) is 5.75 Å². The highest BCUT2D eigenvalue weighted by molar-refractivity contribution is 6.43. The van der Waals surface area contributed by atoms with Crippen LogP contribution in [0.1, 0.15) is 44.6 Å². The van der Waals surface area contributed by atoms with Crippen LogP contribution in [0.3, 0.4) is 0 Å². The van der Waals surface area contributed by atoms with Crippen molar-refractivity contribution in [3.8, 4) is 5.75 Å². The number of amides is 3. The lowest BCUT2D eigenvalue weighted by Gasteiger charge is -2.43. The molecule has 37 heavy (non-hydrogen) atoms. The molecule has 2 saturated heterocycles. The topological polar surface area (TPSA) is 123 Å². The van der Waals surface area contributed by atoms with Gasteiger partial charge in [-0.1, -0.05) is 37.1 Å². The van der Waals surface area contributed by atoms with Crippen molar-refractivity contribution in [2.24, 2.45) is 17.8 Å². The van der Waals surface area contributed by atoms with E-state index in [0.717, 1.165) is 36.7 Å². The highest BCUT2D eigenvalue weighted by Gasteiger charge is 2.59. The SMILES string of the molecule is CCC/C(=C\c1cccc(O)c1)CC[C@H]1OB(O)C[C@H]2C1=C(COC)C[C@H]1C(=O)N(C(=O)OC)C(=O)[C@H]12. The van der Waals surface area contributed by atoms with Gasteiger partial charge in [-0.05, 0) is 66.8 Å². The van der Waals surface area contributed by atoms with Crippen LogP contribution in [0.2, 0.25) is 6.32 Å². The number of nitrogens with zero attached hydrogens (tertiary/aromatic N) is 1. The van der Waals surface area contributed by atoms with Crippen LogP contribution in [0.25, 0.3) is 6.08 Å². The van der Waals surface area contributed by atoms with Crippen molar-refractivity contribution in [2.75, 3.05) is 20.8 Å². The molecule has 2 aliphatic heterocycles. The number of carbonyl (C=O) groups excluding carboxylic acids is 3. The summed E-state index contributed by atoms with van der Waals surface area (Å²) in [5, 5.41) is 20.5. The Labute approximate surface area is 217 Å². The van der Waals surface area contributed by atoms with Gasteiger partial charge in [-0.2, -0.15) is 4.90 Å². The first kappa shape index (κ1) is 27.1. The van der Waals surface area contributed by atoms with E-state index in [9.17, 15) is 24.5 Å². The molecule has 1 aromatic rings. The molecule has 198 valence electrons. The summed E-state index contributed by atoms with van der Waals surface area (Å²) < 4.78 is 16.2. The molecule has 3 amide bonds. The minimum Gasteiger partial charge on any atom is -0.508 e. The number of methoxy groups -OCH3 is 2. The van der Waals surface area contributed by atoms with E-state index >= 15 is 0 Å². The highest BCUT2D eigenvalue weighted by atomic mass is 16.5. The van der Waals surface area contributed by atoms with E-state index in [1.165, 1.54) is 5.57 Å². The molecule has 2 fully saturated rings. The number of hydrogen-bond acceptors (Lipinski definition) is 8. The zero-order valence-corrected chi connectivity index (χ0v) is 21.5. The van der Waals surface area contributed by atoms with E-state index in [-0.39, 0.29) is 18.7 Å². The number of likely N-dealkylation sites (tertiary alicyclic amines) is 1. The summed E-state index contributed by atoms with van der Waals surface area (Å²) >= 11 is 0. The summed E-state index contributed by atoms with van der Waals surface area (Å²) in [7, 11) is 1.61. The second-order valence-corrected chi connectivity index (χ2v) is 9.92. The summed E-state index contributed by atoms with van der Waals surface area (Å²) in [6.07, 6.45) is 4.15.